The Morgan fingerprint density at radius 3 is 2.54 bits per heavy atom. The molecule has 0 amide bonds. The Morgan fingerprint density at radius 2 is 1.79 bits per heavy atom. The van der Waals surface area contributed by atoms with Crippen molar-refractivity contribution in [3.8, 4) is 0 Å². The van der Waals surface area contributed by atoms with Crippen molar-refractivity contribution in [2.45, 2.75) is 19.1 Å². The number of anilines is 2. The summed E-state index contributed by atoms with van der Waals surface area (Å²) in [4.78, 5) is 11.0. The highest BCUT2D eigenvalue weighted by Crippen LogP contribution is 2.36. The lowest BCUT2D eigenvalue weighted by atomic mass is 10.1. The molecule has 1 N–H and O–H groups in total. The van der Waals surface area contributed by atoms with Crippen LogP contribution in [0.4, 0.5) is 16.2 Å². The van der Waals surface area contributed by atoms with Gasteiger partial charge in [-0.3, -0.25) is 3.93 Å². The molecule has 7 heteroatoms. The van der Waals surface area contributed by atoms with Crippen LogP contribution in [0.2, 0.25) is 0 Å². The minimum Gasteiger partial charge on any atom is -0.348 e. The van der Waals surface area contributed by atoms with E-state index in [-0.39, 0.29) is 18.0 Å². The van der Waals surface area contributed by atoms with E-state index < -0.39 is 0 Å². The Kier molecular flexibility index (Phi) is 5.25. The molecule has 1 aliphatic heterocycles. The van der Waals surface area contributed by atoms with Crippen LogP contribution in [0.25, 0.3) is 0 Å². The number of nitrogens with zero attached hydrogens (tertiary/aromatic N) is 4. The number of hydrogen-bond donors (Lipinski definition) is 1. The van der Waals surface area contributed by atoms with Crippen LogP contribution in [0.3, 0.4) is 0 Å². The molecule has 1 aliphatic rings. The average Bonchev–Trinajstić information content (AvgIpc) is 3.11. The normalized spacial score (nSPS) is 17.0. The summed E-state index contributed by atoms with van der Waals surface area (Å²) in [6.45, 7) is 2.07. The molecule has 2 aromatic carbocycles. The molecule has 28 heavy (non-hydrogen) atoms. The highest BCUT2D eigenvalue weighted by Gasteiger charge is 2.29. The minimum atomic E-state index is -0.259. The van der Waals surface area contributed by atoms with Gasteiger partial charge >= 0.3 is 0 Å². The lowest BCUT2D eigenvalue weighted by Gasteiger charge is -2.29. The van der Waals surface area contributed by atoms with Crippen LogP contribution in [0, 0.1) is 5.82 Å². The second kappa shape index (κ2) is 7.98. The molecule has 0 saturated heterocycles. The molecule has 0 fully saturated rings. The molecule has 0 radical (unpaired) electrons. The zero-order chi connectivity index (χ0) is 19.5. The van der Waals surface area contributed by atoms with Crippen molar-refractivity contribution < 1.29 is 4.39 Å². The Labute approximate surface area is 171 Å². The number of nitrogens with one attached hydrogen (secondary N) is 1. The Morgan fingerprint density at radius 1 is 1.04 bits per heavy atom. The Balaban J connectivity index is 1.57. The number of rotatable bonds is 5. The predicted octanol–water partition coefficient (Wildman–Crippen LogP) is 5.39. The molecule has 1 aromatic heterocycles. The summed E-state index contributed by atoms with van der Waals surface area (Å²) >= 11 is 3.54. The second-order valence-corrected chi connectivity index (χ2v) is 7.31. The van der Waals surface area contributed by atoms with Crippen molar-refractivity contribution in [2.75, 3.05) is 10.2 Å². The van der Waals surface area contributed by atoms with Crippen LogP contribution in [0.1, 0.15) is 30.3 Å². The van der Waals surface area contributed by atoms with Crippen LogP contribution in [-0.2, 0) is 0 Å². The third kappa shape index (κ3) is 3.84. The minimum absolute atomic E-state index is 0.0751. The van der Waals surface area contributed by atoms with E-state index in [9.17, 15) is 4.39 Å². The highest BCUT2D eigenvalue weighted by molar-refractivity contribution is 9.07. The third-order valence-electron chi connectivity index (χ3n) is 4.59. The van der Waals surface area contributed by atoms with E-state index in [0.717, 1.165) is 16.9 Å². The maximum absolute atomic E-state index is 13.3. The van der Waals surface area contributed by atoms with Gasteiger partial charge in [-0.15, -0.1) is 0 Å². The van der Waals surface area contributed by atoms with E-state index >= 15 is 0 Å². The number of halogens is 2. The van der Waals surface area contributed by atoms with Gasteiger partial charge in [-0.1, -0.05) is 42.5 Å². The first kappa shape index (κ1) is 18.4. The quantitative estimate of drug-likeness (QED) is 0.539. The molecule has 0 spiro atoms. The van der Waals surface area contributed by atoms with E-state index in [0.29, 0.717) is 5.95 Å². The molecule has 5 nitrogen and oxygen atoms in total. The van der Waals surface area contributed by atoms with Crippen molar-refractivity contribution in [3.05, 3.63) is 96.2 Å². The van der Waals surface area contributed by atoms with Crippen molar-refractivity contribution in [2.24, 2.45) is 0 Å². The molecular weight excluding hydrogens is 421 g/mol. The largest absolute Gasteiger partial charge is 0.348 e. The first-order valence-corrected chi connectivity index (χ1v) is 9.63. The molecule has 3 aromatic rings. The summed E-state index contributed by atoms with van der Waals surface area (Å²) in [7, 11) is 0. The van der Waals surface area contributed by atoms with E-state index in [1.165, 1.54) is 12.1 Å². The maximum Gasteiger partial charge on any atom is 0.225 e. The van der Waals surface area contributed by atoms with Crippen molar-refractivity contribution in [3.63, 3.8) is 0 Å². The first-order valence-electron chi connectivity index (χ1n) is 8.92. The molecular formula is C21H19BrFN5. The number of aromatic nitrogens is 2. The van der Waals surface area contributed by atoms with Gasteiger partial charge in [0.1, 0.15) is 17.8 Å². The van der Waals surface area contributed by atoms with Crippen LogP contribution >= 0.6 is 16.1 Å². The van der Waals surface area contributed by atoms with Crippen molar-refractivity contribution >= 4 is 27.9 Å². The van der Waals surface area contributed by atoms with E-state index in [1.54, 1.807) is 18.3 Å². The summed E-state index contributed by atoms with van der Waals surface area (Å²) in [6, 6.07) is 18.5. The fourth-order valence-corrected chi connectivity index (χ4v) is 3.68. The summed E-state index contributed by atoms with van der Waals surface area (Å²) in [5, 5.41) is 3.35. The van der Waals surface area contributed by atoms with Crippen molar-refractivity contribution in [1.29, 1.82) is 0 Å². The second-order valence-electron chi connectivity index (χ2n) is 6.49. The van der Waals surface area contributed by atoms with Gasteiger partial charge < -0.3 is 10.2 Å². The lowest BCUT2D eigenvalue weighted by Crippen LogP contribution is -2.26. The fourth-order valence-electron chi connectivity index (χ4n) is 3.14. The van der Waals surface area contributed by atoms with Crippen LogP contribution in [0.5, 0.6) is 0 Å². The van der Waals surface area contributed by atoms with Crippen LogP contribution in [0.15, 0.2) is 79.3 Å². The number of hydrogen-bond acceptors (Lipinski definition) is 5. The molecule has 2 heterocycles. The highest BCUT2D eigenvalue weighted by atomic mass is 79.9. The molecule has 0 aliphatic carbocycles. The summed E-state index contributed by atoms with van der Waals surface area (Å²) in [6.07, 6.45) is 5.38. The molecule has 0 bridgehead atoms. The SMILES string of the molecule is C[C@H](Nc1nccc(N2C=CN(Br)C2c2ccc(F)cc2)n1)c1ccccc1. The zero-order valence-electron chi connectivity index (χ0n) is 15.2. The molecule has 4 rings (SSSR count). The van der Waals surface area contributed by atoms with Gasteiger partial charge in [0, 0.05) is 18.6 Å². The number of benzene rings is 2. The van der Waals surface area contributed by atoms with E-state index in [4.69, 9.17) is 0 Å². The van der Waals surface area contributed by atoms with Crippen molar-refractivity contribution in [1.82, 2.24) is 13.9 Å². The Bertz CT molecular complexity index is 964. The van der Waals surface area contributed by atoms with Crippen LogP contribution < -0.4 is 10.2 Å². The zero-order valence-corrected chi connectivity index (χ0v) is 16.8. The molecule has 1 unspecified atom stereocenters. The molecule has 2 atom stereocenters. The van der Waals surface area contributed by atoms with E-state index in [2.05, 4.69) is 50.5 Å². The third-order valence-corrected chi connectivity index (χ3v) is 5.21. The van der Waals surface area contributed by atoms with Gasteiger partial charge in [0.15, 0.2) is 0 Å². The molecule has 142 valence electrons. The Hall–Kier alpha value is -2.93. The predicted molar refractivity (Wildman–Crippen MR) is 112 cm³/mol. The maximum atomic E-state index is 13.3. The van der Waals surface area contributed by atoms with Gasteiger partial charge in [0.25, 0.3) is 0 Å². The van der Waals surface area contributed by atoms with Gasteiger partial charge in [-0.2, -0.15) is 4.98 Å². The smallest absolute Gasteiger partial charge is 0.225 e. The summed E-state index contributed by atoms with van der Waals surface area (Å²) in [5.74, 6) is 1.03. The monoisotopic (exact) mass is 439 g/mol. The van der Waals surface area contributed by atoms with Gasteiger partial charge in [-0.05, 0) is 36.2 Å². The summed E-state index contributed by atoms with van der Waals surface area (Å²) in [5.41, 5.74) is 2.10. The summed E-state index contributed by atoms with van der Waals surface area (Å²) < 4.78 is 15.2. The van der Waals surface area contributed by atoms with E-state index in [1.807, 2.05) is 45.5 Å². The first-order chi connectivity index (χ1) is 13.6. The average molecular weight is 440 g/mol. The topological polar surface area (TPSA) is 44.3 Å². The van der Waals surface area contributed by atoms with Gasteiger partial charge in [0.05, 0.1) is 22.2 Å². The lowest BCUT2D eigenvalue weighted by molar-refractivity contribution is 0.506. The molecule has 0 saturated carbocycles. The standard InChI is InChI=1S/C21H19BrFN5/c1-15(16-5-3-2-4-6-16)25-21-24-12-11-19(26-21)27-13-14-28(22)20(27)17-7-9-18(23)10-8-17/h2-15,20H,1H3,(H,24,25,26)/t15-,20?/m0/s1. The van der Waals surface area contributed by atoms with Gasteiger partial charge in [-0.25, -0.2) is 9.37 Å². The fraction of sp³-hybridized carbons (Fsp3) is 0.143. The van der Waals surface area contributed by atoms with Gasteiger partial charge in [0.2, 0.25) is 5.95 Å². The van der Waals surface area contributed by atoms with Crippen LogP contribution in [-0.4, -0.2) is 13.9 Å².